The van der Waals surface area contributed by atoms with E-state index in [0.29, 0.717) is 5.56 Å². The molecular formula is C11H21N5OS. The van der Waals surface area contributed by atoms with Crippen LogP contribution in [0.15, 0.2) is 0 Å². The van der Waals surface area contributed by atoms with Crippen molar-refractivity contribution in [2.24, 2.45) is 5.73 Å². The van der Waals surface area contributed by atoms with Crippen molar-refractivity contribution >= 4 is 28.3 Å². The molecule has 0 spiro atoms. The smallest absolute Gasteiger partial charge is 0.255 e. The van der Waals surface area contributed by atoms with Crippen molar-refractivity contribution in [3.63, 3.8) is 0 Å². The second-order valence-electron chi connectivity index (χ2n) is 4.35. The Hall–Kier alpha value is -1.34. The van der Waals surface area contributed by atoms with Crippen LogP contribution < -0.4 is 16.4 Å². The number of carbonyl (C=O) groups is 1. The van der Waals surface area contributed by atoms with E-state index in [1.54, 1.807) is 0 Å². The number of carbonyl (C=O) groups excluding carboxylic acids is 1. The van der Waals surface area contributed by atoms with Crippen LogP contribution in [0.4, 0.5) is 10.8 Å². The number of amides is 1. The fourth-order valence-corrected chi connectivity index (χ4v) is 2.63. The molecule has 0 fully saturated rings. The lowest BCUT2D eigenvalue weighted by atomic mass is 10.2. The van der Waals surface area contributed by atoms with Gasteiger partial charge in [-0.1, -0.05) is 0 Å². The molecule has 1 amide bonds. The number of hydrogen-bond acceptors (Lipinski definition) is 6. The van der Waals surface area contributed by atoms with Gasteiger partial charge in [0, 0.05) is 13.1 Å². The minimum Gasteiger partial charge on any atom is -0.382 e. The van der Waals surface area contributed by atoms with E-state index in [9.17, 15) is 4.79 Å². The average Bonchev–Trinajstić information content (AvgIpc) is 2.66. The first-order valence-electron chi connectivity index (χ1n) is 5.92. The fourth-order valence-electron chi connectivity index (χ4n) is 1.72. The van der Waals surface area contributed by atoms with Gasteiger partial charge in [0.15, 0.2) is 5.82 Å². The molecule has 0 aromatic carbocycles. The number of rotatable bonds is 7. The summed E-state index contributed by atoms with van der Waals surface area (Å²) in [4.78, 5) is 15.6. The van der Waals surface area contributed by atoms with Crippen LogP contribution in [0.1, 0.15) is 23.7 Å². The Morgan fingerprint density at radius 2 is 2.06 bits per heavy atom. The molecule has 1 aromatic rings. The Morgan fingerprint density at radius 1 is 1.39 bits per heavy atom. The molecule has 0 saturated carbocycles. The van der Waals surface area contributed by atoms with Gasteiger partial charge < -0.3 is 21.3 Å². The first kappa shape index (κ1) is 14.7. The maximum absolute atomic E-state index is 11.4. The summed E-state index contributed by atoms with van der Waals surface area (Å²) in [5, 5.41) is 0.779. The molecule has 18 heavy (non-hydrogen) atoms. The number of nitrogens with two attached hydrogens (primary N) is 2. The zero-order valence-corrected chi connectivity index (χ0v) is 12.0. The van der Waals surface area contributed by atoms with Crippen LogP contribution in [-0.4, -0.2) is 48.9 Å². The third kappa shape index (κ3) is 3.58. The van der Waals surface area contributed by atoms with Crippen molar-refractivity contribution in [3.8, 4) is 0 Å². The highest BCUT2D eigenvalue weighted by Crippen LogP contribution is 2.30. The van der Waals surface area contributed by atoms with Gasteiger partial charge in [-0.05, 0) is 45.5 Å². The Kier molecular flexibility index (Phi) is 5.36. The third-order valence-electron chi connectivity index (χ3n) is 2.65. The summed E-state index contributed by atoms with van der Waals surface area (Å²) >= 11 is 1.23. The molecule has 4 N–H and O–H groups in total. The topological polar surface area (TPSA) is 88.5 Å². The zero-order valence-electron chi connectivity index (χ0n) is 11.1. The first-order valence-corrected chi connectivity index (χ1v) is 6.69. The Labute approximate surface area is 112 Å². The van der Waals surface area contributed by atoms with E-state index >= 15 is 0 Å². The summed E-state index contributed by atoms with van der Waals surface area (Å²) in [7, 11) is 4.08. The molecule has 1 rings (SSSR count). The Morgan fingerprint density at radius 3 is 2.56 bits per heavy atom. The van der Waals surface area contributed by atoms with Crippen molar-refractivity contribution in [1.82, 2.24) is 9.27 Å². The molecule has 0 radical (unpaired) electrons. The summed E-state index contributed by atoms with van der Waals surface area (Å²) in [5.74, 6) is -0.282. The van der Waals surface area contributed by atoms with Crippen molar-refractivity contribution in [3.05, 3.63) is 5.56 Å². The van der Waals surface area contributed by atoms with Gasteiger partial charge in [-0.25, -0.2) is 0 Å². The van der Waals surface area contributed by atoms with Crippen LogP contribution in [0.3, 0.4) is 0 Å². The van der Waals surface area contributed by atoms with Crippen molar-refractivity contribution < 1.29 is 4.79 Å². The molecule has 1 aromatic heterocycles. The normalized spacial score (nSPS) is 10.9. The third-order valence-corrected chi connectivity index (χ3v) is 3.57. The fraction of sp³-hybridized carbons (Fsp3) is 0.636. The van der Waals surface area contributed by atoms with E-state index < -0.39 is 5.91 Å². The maximum atomic E-state index is 11.4. The van der Waals surface area contributed by atoms with E-state index in [1.807, 2.05) is 21.0 Å². The zero-order chi connectivity index (χ0) is 13.7. The van der Waals surface area contributed by atoms with E-state index in [4.69, 9.17) is 11.5 Å². The van der Waals surface area contributed by atoms with Crippen LogP contribution in [-0.2, 0) is 0 Å². The molecule has 0 atom stereocenters. The van der Waals surface area contributed by atoms with Gasteiger partial charge in [0.2, 0.25) is 0 Å². The number of anilines is 2. The molecule has 0 aliphatic heterocycles. The van der Waals surface area contributed by atoms with E-state index in [1.165, 1.54) is 11.5 Å². The van der Waals surface area contributed by atoms with Gasteiger partial charge in [0.25, 0.3) is 5.91 Å². The SMILES string of the molecule is CCN(CCCN(C)C)c1snc(N)c1C(N)=O. The Balaban J connectivity index is 2.79. The molecule has 102 valence electrons. The highest BCUT2D eigenvalue weighted by molar-refractivity contribution is 7.11. The molecule has 6 nitrogen and oxygen atoms in total. The van der Waals surface area contributed by atoms with Gasteiger partial charge in [0.1, 0.15) is 10.6 Å². The Bertz CT molecular complexity index is 404. The van der Waals surface area contributed by atoms with Gasteiger partial charge in [-0.3, -0.25) is 4.79 Å². The molecule has 0 saturated heterocycles. The first-order chi connectivity index (χ1) is 8.47. The van der Waals surface area contributed by atoms with Gasteiger partial charge in [0.05, 0.1) is 0 Å². The molecule has 0 unspecified atom stereocenters. The predicted octanol–water partition coefficient (Wildman–Crippen LogP) is 0.602. The van der Waals surface area contributed by atoms with Gasteiger partial charge in [-0.2, -0.15) is 4.37 Å². The summed E-state index contributed by atoms with van der Waals surface area (Å²) in [6, 6.07) is 0. The van der Waals surface area contributed by atoms with E-state index in [2.05, 4.69) is 14.2 Å². The average molecular weight is 271 g/mol. The number of nitrogens with zero attached hydrogens (tertiary/aromatic N) is 3. The molecule has 7 heteroatoms. The number of primary amides is 1. The monoisotopic (exact) mass is 271 g/mol. The van der Waals surface area contributed by atoms with Crippen molar-refractivity contribution in [2.75, 3.05) is 44.4 Å². The molecule has 0 aliphatic carbocycles. The van der Waals surface area contributed by atoms with Gasteiger partial charge >= 0.3 is 0 Å². The summed E-state index contributed by atoms with van der Waals surface area (Å²) in [6.45, 7) is 4.69. The minimum atomic E-state index is -0.512. The molecule has 0 bridgehead atoms. The quantitative estimate of drug-likeness (QED) is 0.758. The van der Waals surface area contributed by atoms with Gasteiger partial charge in [-0.15, -0.1) is 0 Å². The highest BCUT2D eigenvalue weighted by Gasteiger charge is 2.20. The van der Waals surface area contributed by atoms with E-state index in [0.717, 1.165) is 31.1 Å². The summed E-state index contributed by atoms with van der Waals surface area (Å²) in [5.41, 5.74) is 11.4. The lowest BCUT2D eigenvalue weighted by Gasteiger charge is -2.22. The molecular weight excluding hydrogens is 250 g/mol. The number of aromatic nitrogens is 1. The minimum absolute atomic E-state index is 0.230. The van der Waals surface area contributed by atoms with Crippen LogP contribution in [0.25, 0.3) is 0 Å². The predicted molar refractivity (Wildman–Crippen MR) is 76.1 cm³/mol. The van der Waals surface area contributed by atoms with Crippen LogP contribution in [0, 0.1) is 0 Å². The molecule has 0 aliphatic rings. The highest BCUT2D eigenvalue weighted by atomic mass is 32.1. The summed E-state index contributed by atoms with van der Waals surface area (Å²) in [6.07, 6.45) is 1.01. The van der Waals surface area contributed by atoms with Crippen molar-refractivity contribution in [2.45, 2.75) is 13.3 Å². The number of nitrogen functional groups attached to an aromatic ring is 1. The molecule has 1 heterocycles. The maximum Gasteiger partial charge on any atom is 0.255 e. The lowest BCUT2D eigenvalue weighted by molar-refractivity contribution is 0.100. The van der Waals surface area contributed by atoms with Crippen LogP contribution in [0.2, 0.25) is 0 Å². The van der Waals surface area contributed by atoms with Crippen LogP contribution in [0.5, 0.6) is 0 Å². The second-order valence-corrected chi connectivity index (χ2v) is 5.10. The summed E-state index contributed by atoms with van der Waals surface area (Å²) < 4.78 is 4.02. The van der Waals surface area contributed by atoms with Crippen molar-refractivity contribution in [1.29, 1.82) is 0 Å². The second kappa shape index (κ2) is 6.55. The van der Waals surface area contributed by atoms with Crippen LogP contribution >= 0.6 is 11.5 Å². The standard InChI is InChI=1S/C11H21N5OS/c1-4-16(7-5-6-15(2)3)11-8(10(13)17)9(12)14-18-11/h4-7H2,1-3H3,(H2,12,14)(H2,13,17). The van der Waals surface area contributed by atoms with E-state index in [-0.39, 0.29) is 5.82 Å². The lowest BCUT2D eigenvalue weighted by Crippen LogP contribution is -2.28. The number of hydrogen-bond donors (Lipinski definition) is 2. The largest absolute Gasteiger partial charge is 0.382 e.